The first-order chi connectivity index (χ1) is 28.9. The van der Waals surface area contributed by atoms with Crippen LogP contribution in [0.2, 0.25) is 0 Å². The number of aliphatic hydroxyl groups is 2. The Kier molecular flexibility index (Phi) is 11.8. The third kappa shape index (κ3) is 7.14. The first-order valence-corrected chi connectivity index (χ1v) is 19.4. The number of rotatable bonds is 8. The number of carbonyl (C=O) groups excluding carboxylic acids is 8. The van der Waals surface area contributed by atoms with Crippen molar-refractivity contribution < 1.29 is 95.6 Å². The summed E-state index contributed by atoms with van der Waals surface area (Å²) in [5.74, 6) is -12.7. The minimum Gasteiger partial charge on any atom is -0.465 e. The van der Waals surface area contributed by atoms with E-state index in [1.807, 2.05) is 0 Å². The molecule has 62 heavy (non-hydrogen) atoms. The minimum atomic E-state index is -3.02. The summed E-state index contributed by atoms with van der Waals surface area (Å²) in [5.41, 5.74) is -13.6. The number of carbonyl (C=O) groups is 8. The molecule has 4 aliphatic rings. The van der Waals surface area contributed by atoms with E-state index in [1.165, 1.54) is 38.2 Å². The van der Waals surface area contributed by atoms with Crippen LogP contribution in [-0.2, 0) is 71.4 Å². The van der Waals surface area contributed by atoms with Crippen molar-refractivity contribution in [1.82, 2.24) is 4.98 Å². The Balaban J connectivity index is 1.81. The molecule has 336 valence electrons. The predicted octanol–water partition coefficient (Wildman–Crippen LogP) is 1.04. The highest BCUT2D eigenvalue weighted by Gasteiger charge is 2.92. The number of pyridine rings is 1. The number of ether oxygens (including phenoxy) is 9. The van der Waals surface area contributed by atoms with Crippen molar-refractivity contribution in [3.63, 3.8) is 0 Å². The molecule has 2 aliphatic heterocycles. The van der Waals surface area contributed by atoms with Gasteiger partial charge in [-0.05, 0) is 44.5 Å². The highest BCUT2D eigenvalue weighted by atomic mass is 16.7. The maximum Gasteiger partial charge on any atom is 0.374 e. The van der Waals surface area contributed by atoms with E-state index in [0.717, 1.165) is 60.9 Å². The van der Waals surface area contributed by atoms with Crippen LogP contribution in [-0.4, -0.2) is 135 Å². The van der Waals surface area contributed by atoms with Gasteiger partial charge in [0.05, 0.1) is 17.7 Å². The molecule has 2 aromatic rings. The van der Waals surface area contributed by atoms with E-state index in [1.54, 1.807) is 0 Å². The fourth-order valence-electron chi connectivity index (χ4n) is 9.68. The van der Waals surface area contributed by atoms with Gasteiger partial charge in [0.15, 0.2) is 35.6 Å². The lowest BCUT2D eigenvalue weighted by molar-refractivity contribution is -0.386. The maximum absolute atomic E-state index is 14.6. The van der Waals surface area contributed by atoms with Crippen LogP contribution >= 0.6 is 0 Å². The van der Waals surface area contributed by atoms with Crippen LogP contribution in [0.25, 0.3) is 0 Å². The van der Waals surface area contributed by atoms with Gasteiger partial charge in [0.25, 0.3) is 0 Å². The average molecular weight is 874 g/mol. The van der Waals surface area contributed by atoms with Gasteiger partial charge in [0.2, 0.25) is 5.76 Å². The molecule has 0 aromatic carbocycles. The van der Waals surface area contributed by atoms with E-state index in [0.29, 0.717) is 0 Å². The number of cyclic esters (lactones) is 1. The monoisotopic (exact) mass is 873 g/mol. The Morgan fingerprint density at radius 1 is 0.806 bits per heavy atom. The van der Waals surface area contributed by atoms with Crippen LogP contribution in [0, 0.1) is 11.3 Å². The summed E-state index contributed by atoms with van der Waals surface area (Å²) in [6, 6.07) is 3.85. The van der Waals surface area contributed by atoms with Gasteiger partial charge in [-0.1, -0.05) is 6.92 Å². The molecule has 0 amide bonds. The van der Waals surface area contributed by atoms with Crippen molar-refractivity contribution in [2.75, 3.05) is 13.2 Å². The second-order valence-electron chi connectivity index (χ2n) is 16.4. The molecule has 2 aliphatic carbocycles. The summed E-state index contributed by atoms with van der Waals surface area (Å²) in [7, 11) is 0. The number of hydrogen-bond donors (Lipinski definition) is 2. The summed E-state index contributed by atoms with van der Waals surface area (Å²) in [5, 5.41) is 25.7. The number of furan rings is 1. The van der Waals surface area contributed by atoms with E-state index in [9.17, 15) is 48.6 Å². The molecule has 2 aromatic heterocycles. The van der Waals surface area contributed by atoms with Gasteiger partial charge in [-0.15, -0.1) is 0 Å². The van der Waals surface area contributed by atoms with E-state index in [4.69, 9.17) is 47.0 Å². The lowest BCUT2D eigenvalue weighted by atomic mass is 9.45. The molecule has 2 saturated carbocycles. The first-order valence-electron chi connectivity index (χ1n) is 19.4. The van der Waals surface area contributed by atoms with Gasteiger partial charge in [-0.25, -0.2) is 14.4 Å². The predicted molar refractivity (Wildman–Crippen MR) is 199 cm³/mol. The fraction of sp³-hybridized carbons (Fsp3) is 0.585. The van der Waals surface area contributed by atoms with Crippen LogP contribution < -0.4 is 0 Å². The Hall–Kier alpha value is -5.93. The van der Waals surface area contributed by atoms with E-state index < -0.39 is 143 Å². The molecular formula is C41H47NO20. The lowest BCUT2D eigenvalue weighted by Crippen LogP contribution is -2.89. The average Bonchev–Trinajstić information content (AvgIpc) is 3.79. The first kappa shape index (κ1) is 45.6. The topological polar surface area (TPSA) is 286 Å². The van der Waals surface area contributed by atoms with Crippen LogP contribution in [0.5, 0.6) is 0 Å². The van der Waals surface area contributed by atoms with Gasteiger partial charge in [0, 0.05) is 52.9 Å². The van der Waals surface area contributed by atoms with Gasteiger partial charge in [-0.2, -0.15) is 0 Å². The van der Waals surface area contributed by atoms with Crippen LogP contribution in [0.3, 0.4) is 0 Å². The molecule has 0 radical (unpaired) electrons. The Labute approximate surface area is 353 Å². The van der Waals surface area contributed by atoms with Crippen LogP contribution in [0.15, 0.2) is 41.3 Å². The molecule has 3 fully saturated rings. The van der Waals surface area contributed by atoms with Crippen molar-refractivity contribution in [2.24, 2.45) is 11.3 Å². The van der Waals surface area contributed by atoms with Crippen molar-refractivity contribution >= 4 is 47.8 Å². The van der Waals surface area contributed by atoms with Crippen molar-refractivity contribution in [2.45, 2.75) is 127 Å². The third-order valence-electron chi connectivity index (χ3n) is 12.3. The molecule has 1 saturated heterocycles. The molecule has 21 nitrogen and oxygen atoms in total. The number of nitrogens with zero attached hydrogens (tertiary/aromatic N) is 1. The normalized spacial score (nSPS) is 37.3. The molecule has 13 atom stereocenters. The summed E-state index contributed by atoms with van der Waals surface area (Å²) in [6.45, 7) is 7.54. The van der Waals surface area contributed by atoms with Crippen molar-refractivity contribution in [3.8, 4) is 0 Å². The Morgan fingerprint density at radius 3 is 1.97 bits per heavy atom. The largest absolute Gasteiger partial charge is 0.465 e. The van der Waals surface area contributed by atoms with Crippen molar-refractivity contribution in [3.05, 3.63) is 53.7 Å². The second-order valence-corrected chi connectivity index (χ2v) is 16.4. The molecule has 2 N–H and O–H groups in total. The van der Waals surface area contributed by atoms with Gasteiger partial charge >= 0.3 is 47.8 Å². The molecule has 6 rings (SSSR count). The Bertz CT molecular complexity index is 2170. The van der Waals surface area contributed by atoms with Gasteiger partial charge in [-0.3, -0.25) is 29.0 Å². The second kappa shape index (κ2) is 16.1. The minimum absolute atomic E-state index is 0.0385. The van der Waals surface area contributed by atoms with Crippen LogP contribution in [0.4, 0.5) is 0 Å². The zero-order chi connectivity index (χ0) is 45.9. The van der Waals surface area contributed by atoms with Gasteiger partial charge < -0.3 is 57.3 Å². The van der Waals surface area contributed by atoms with E-state index in [-0.39, 0.29) is 11.1 Å². The van der Waals surface area contributed by atoms with Crippen molar-refractivity contribution in [1.29, 1.82) is 0 Å². The molecular weight excluding hydrogens is 826 g/mol. The van der Waals surface area contributed by atoms with Gasteiger partial charge in [0.1, 0.15) is 42.0 Å². The van der Waals surface area contributed by atoms with Crippen LogP contribution in [0.1, 0.15) is 94.7 Å². The highest BCUT2D eigenvalue weighted by molar-refractivity contribution is 5.92. The molecule has 1 spiro atoms. The fourth-order valence-corrected chi connectivity index (χ4v) is 9.68. The Morgan fingerprint density at radius 2 is 1.40 bits per heavy atom. The maximum atomic E-state index is 14.6. The molecule has 3 unspecified atom stereocenters. The molecule has 4 heterocycles. The SMILES string of the molecule is CC(=O)OC[C@]12[C@H](OC(C)=O)[C@H](OC(C)=O)C3[C@@H](OC(C)=O)[C@@]14O[C@@]3(C)COC(=O)c1cnccc1C(C)C(C)(O)C(=O)O[C@@H]([C@H](OC(=O)c1ccco1)[C@@H]2OC(C)=O)[C@@]4(C)O. The number of aromatic nitrogens is 1. The number of esters is 8. The summed E-state index contributed by atoms with van der Waals surface area (Å²) in [6.07, 6.45) is -9.42. The molecule has 4 bridgehead atoms. The zero-order valence-corrected chi connectivity index (χ0v) is 35.2. The standard InChI is InChI=1S/C41H47NO20/c1-18-24-12-13-42-15-25(24)34(48)55-16-37(7)27-28(56-20(3)44)32(58-22(5)46)40(17-54-19(2)43)33(59-23(6)47)29(60-35(49)26-11-10-14-53-26)31(61-36(50)38(18,8)51)39(9,52)41(40,62-37)30(27)57-21(4)45/h10-15,18,27-33,51-52H,16-17H2,1-9H3/t18?,27?,28-,29+,30-,31+,32-,33+,37+,38?,39-,40-,41+/m1/s1. The van der Waals surface area contributed by atoms with E-state index in [2.05, 4.69) is 4.98 Å². The summed E-state index contributed by atoms with van der Waals surface area (Å²) < 4.78 is 59.8. The summed E-state index contributed by atoms with van der Waals surface area (Å²) >= 11 is 0. The molecule has 21 heteroatoms. The highest BCUT2D eigenvalue weighted by Crippen LogP contribution is 2.70. The van der Waals surface area contributed by atoms with E-state index >= 15 is 0 Å². The number of hydrogen-bond acceptors (Lipinski definition) is 21. The lowest BCUT2D eigenvalue weighted by Gasteiger charge is -2.67. The smallest absolute Gasteiger partial charge is 0.374 e. The number of fused-ring (bicyclic) bond motifs is 5. The quantitative estimate of drug-likeness (QED) is 0.277. The third-order valence-corrected chi connectivity index (χ3v) is 12.3. The zero-order valence-electron chi connectivity index (χ0n) is 35.2. The summed E-state index contributed by atoms with van der Waals surface area (Å²) in [4.78, 5) is 113.